The third-order valence-electron chi connectivity index (χ3n) is 3.40. The van der Waals surface area contributed by atoms with Gasteiger partial charge in [-0.1, -0.05) is 23.7 Å². The summed E-state index contributed by atoms with van der Waals surface area (Å²) in [6, 6.07) is 4.82. The summed E-state index contributed by atoms with van der Waals surface area (Å²) >= 11 is 6.57. The van der Waals surface area contributed by atoms with Crippen LogP contribution in [0.3, 0.4) is 0 Å². The Morgan fingerprint density at radius 1 is 1.24 bits per heavy atom. The predicted octanol–water partition coefficient (Wildman–Crippen LogP) is 4.72. The molecule has 4 nitrogen and oxygen atoms in total. The highest BCUT2D eigenvalue weighted by atomic mass is 35.5. The van der Waals surface area contributed by atoms with Gasteiger partial charge >= 0.3 is 6.18 Å². The second-order valence-corrected chi connectivity index (χ2v) is 7.37. The molecule has 0 aliphatic heterocycles. The van der Waals surface area contributed by atoms with E-state index in [2.05, 4.69) is 5.10 Å². The SMILES string of the molecule is CC(C)n1ncc(SN(C)[C@H](c2ccc(Cl)cc2)C(F)(F)F)cc1=O. The predicted molar refractivity (Wildman–Crippen MR) is 92.8 cm³/mol. The Balaban J connectivity index is 2.29. The molecule has 1 aromatic heterocycles. The minimum absolute atomic E-state index is 0.0652. The Bertz CT molecular complexity index is 777. The van der Waals surface area contributed by atoms with Gasteiger partial charge in [0, 0.05) is 16.0 Å². The maximum absolute atomic E-state index is 13.5. The number of aromatic nitrogens is 2. The average Bonchev–Trinajstić information content (AvgIpc) is 2.47. The van der Waals surface area contributed by atoms with E-state index < -0.39 is 12.2 Å². The van der Waals surface area contributed by atoms with Crippen LogP contribution in [0.15, 0.2) is 46.2 Å². The van der Waals surface area contributed by atoms with E-state index in [1.165, 1.54) is 48.3 Å². The Morgan fingerprint density at radius 3 is 2.32 bits per heavy atom. The van der Waals surface area contributed by atoms with Crippen molar-refractivity contribution in [2.24, 2.45) is 0 Å². The first-order valence-electron chi connectivity index (χ1n) is 7.41. The van der Waals surface area contributed by atoms with Crippen LogP contribution in [0.4, 0.5) is 13.2 Å². The van der Waals surface area contributed by atoms with E-state index in [1.807, 2.05) is 0 Å². The number of nitrogens with zero attached hydrogens (tertiary/aromatic N) is 3. The summed E-state index contributed by atoms with van der Waals surface area (Å²) in [7, 11) is 1.32. The molecule has 136 valence electrons. The maximum Gasteiger partial charge on any atom is 0.408 e. The molecule has 0 N–H and O–H groups in total. The molecule has 0 aliphatic carbocycles. The summed E-state index contributed by atoms with van der Waals surface area (Å²) in [5, 5.41) is 4.36. The number of rotatable bonds is 5. The fraction of sp³-hybridized carbons (Fsp3) is 0.375. The standard InChI is InChI=1S/C16H17ClF3N3OS/c1-10(2)23-14(24)8-13(9-21-23)25-22(3)15(16(18,19)20)11-4-6-12(17)7-5-11/h4-10,15H,1-3H3/t15-/m1/s1. The molecule has 0 bridgehead atoms. The van der Waals surface area contributed by atoms with E-state index in [0.717, 1.165) is 16.3 Å². The summed E-state index contributed by atoms with van der Waals surface area (Å²) in [4.78, 5) is 12.3. The second kappa shape index (κ2) is 7.80. The van der Waals surface area contributed by atoms with Crippen molar-refractivity contribution in [3.8, 4) is 0 Å². The van der Waals surface area contributed by atoms with Crippen LogP contribution in [0.25, 0.3) is 0 Å². The van der Waals surface area contributed by atoms with Crippen LogP contribution in [0, 0.1) is 0 Å². The van der Waals surface area contributed by atoms with Crippen molar-refractivity contribution in [1.82, 2.24) is 14.1 Å². The lowest BCUT2D eigenvalue weighted by molar-refractivity contribution is -0.169. The van der Waals surface area contributed by atoms with Crippen LogP contribution in [0.5, 0.6) is 0 Å². The third kappa shape index (κ3) is 4.99. The van der Waals surface area contributed by atoms with E-state index in [9.17, 15) is 18.0 Å². The minimum Gasteiger partial charge on any atom is -0.268 e. The quantitative estimate of drug-likeness (QED) is 0.691. The van der Waals surface area contributed by atoms with Crippen molar-refractivity contribution in [3.05, 3.63) is 57.5 Å². The van der Waals surface area contributed by atoms with Crippen LogP contribution in [0.2, 0.25) is 5.02 Å². The molecule has 0 saturated heterocycles. The Morgan fingerprint density at radius 2 is 1.84 bits per heavy atom. The van der Waals surface area contributed by atoms with Gasteiger partial charge in [-0.05, 0) is 50.5 Å². The van der Waals surface area contributed by atoms with Gasteiger partial charge in [-0.2, -0.15) is 18.3 Å². The molecule has 0 unspecified atom stereocenters. The van der Waals surface area contributed by atoms with Crippen LogP contribution >= 0.6 is 23.5 Å². The summed E-state index contributed by atoms with van der Waals surface area (Å²) in [5.41, 5.74) is -0.293. The zero-order valence-electron chi connectivity index (χ0n) is 13.8. The van der Waals surface area contributed by atoms with Gasteiger partial charge in [0.2, 0.25) is 0 Å². The zero-order chi connectivity index (χ0) is 18.8. The molecular formula is C16H17ClF3N3OS. The lowest BCUT2D eigenvalue weighted by Gasteiger charge is -2.29. The summed E-state index contributed by atoms with van der Waals surface area (Å²) < 4.78 is 42.9. The molecular weight excluding hydrogens is 375 g/mol. The Hall–Kier alpha value is -1.51. The smallest absolute Gasteiger partial charge is 0.268 e. The number of hydrogen-bond acceptors (Lipinski definition) is 4. The van der Waals surface area contributed by atoms with E-state index >= 15 is 0 Å². The molecule has 0 fully saturated rings. The minimum atomic E-state index is -4.49. The lowest BCUT2D eigenvalue weighted by Crippen LogP contribution is -2.32. The largest absolute Gasteiger partial charge is 0.408 e. The normalized spacial score (nSPS) is 13.5. The van der Waals surface area contributed by atoms with Crippen molar-refractivity contribution in [3.63, 3.8) is 0 Å². The van der Waals surface area contributed by atoms with Crippen LogP contribution in [-0.2, 0) is 0 Å². The molecule has 1 heterocycles. The molecule has 1 aromatic carbocycles. The first-order chi connectivity index (χ1) is 11.6. The summed E-state index contributed by atoms with van der Waals surface area (Å²) in [5.74, 6) is 0. The van der Waals surface area contributed by atoms with Gasteiger partial charge in [0.05, 0.1) is 12.2 Å². The molecule has 0 radical (unpaired) electrons. The lowest BCUT2D eigenvalue weighted by atomic mass is 10.1. The van der Waals surface area contributed by atoms with E-state index in [1.54, 1.807) is 13.8 Å². The van der Waals surface area contributed by atoms with Gasteiger partial charge in [0.15, 0.2) is 0 Å². The van der Waals surface area contributed by atoms with Crippen molar-refractivity contribution in [2.75, 3.05) is 7.05 Å². The molecule has 0 spiro atoms. The highest BCUT2D eigenvalue weighted by Crippen LogP contribution is 2.41. The Kier molecular flexibility index (Phi) is 6.18. The van der Waals surface area contributed by atoms with E-state index in [4.69, 9.17) is 11.6 Å². The highest BCUT2D eigenvalue weighted by Gasteiger charge is 2.44. The summed E-state index contributed by atoms with van der Waals surface area (Å²) in [6.07, 6.45) is -3.10. The fourth-order valence-corrected chi connectivity index (χ4v) is 3.36. The first kappa shape index (κ1) is 19.8. The summed E-state index contributed by atoms with van der Waals surface area (Å²) in [6.45, 7) is 3.60. The third-order valence-corrected chi connectivity index (χ3v) is 4.58. The number of alkyl halides is 3. The molecule has 2 rings (SSSR count). The van der Waals surface area contributed by atoms with Gasteiger partial charge in [-0.15, -0.1) is 0 Å². The topological polar surface area (TPSA) is 38.1 Å². The van der Waals surface area contributed by atoms with E-state index in [-0.39, 0.29) is 17.2 Å². The van der Waals surface area contributed by atoms with Crippen LogP contribution < -0.4 is 5.56 Å². The van der Waals surface area contributed by atoms with Crippen molar-refractivity contribution in [1.29, 1.82) is 0 Å². The molecule has 1 atom stereocenters. The zero-order valence-corrected chi connectivity index (χ0v) is 15.4. The molecule has 0 amide bonds. The van der Waals surface area contributed by atoms with Crippen molar-refractivity contribution in [2.45, 2.75) is 37.0 Å². The fourth-order valence-electron chi connectivity index (χ4n) is 2.31. The molecule has 25 heavy (non-hydrogen) atoms. The maximum atomic E-state index is 13.5. The average molecular weight is 392 g/mol. The molecule has 2 aromatic rings. The van der Waals surface area contributed by atoms with Crippen molar-refractivity contribution >= 4 is 23.5 Å². The molecule has 9 heteroatoms. The van der Waals surface area contributed by atoms with Gasteiger partial charge in [0.1, 0.15) is 6.04 Å². The van der Waals surface area contributed by atoms with Gasteiger partial charge in [-0.25, -0.2) is 8.99 Å². The monoisotopic (exact) mass is 391 g/mol. The number of halogens is 4. The molecule has 0 saturated carbocycles. The van der Waals surface area contributed by atoms with Crippen molar-refractivity contribution < 1.29 is 13.2 Å². The molecule has 0 aliphatic rings. The first-order valence-corrected chi connectivity index (χ1v) is 8.56. The van der Waals surface area contributed by atoms with Gasteiger partial charge in [-0.3, -0.25) is 4.79 Å². The second-order valence-electron chi connectivity index (χ2n) is 5.70. The number of hydrogen-bond donors (Lipinski definition) is 0. The Labute approximate surface area is 152 Å². The highest BCUT2D eigenvalue weighted by molar-refractivity contribution is 7.97. The van der Waals surface area contributed by atoms with Gasteiger partial charge in [0.25, 0.3) is 5.56 Å². The van der Waals surface area contributed by atoms with E-state index in [0.29, 0.717) is 9.92 Å². The van der Waals surface area contributed by atoms with Crippen LogP contribution in [0.1, 0.15) is 31.5 Å². The van der Waals surface area contributed by atoms with Gasteiger partial charge < -0.3 is 0 Å². The number of benzene rings is 1. The van der Waals surface area contributed by atoms with Crippen LogP contribution in [-0.4, -0.2) is 27.3 Å².